The van der Waals surface area contributed by atoms with Crippen molar-refractivity contribution in [2.45, 2.75) is 13.8 Å². The maximum atomic E-state index is 13.0. The van der Waals surface area contributed by atoms with Gasteiger partial charge >= 0.3 is 0 Å². The Morgan fingerprint density at radius 2 is 1.75 bits per heavy atom. The molecular weight excluding hydrogens is 435 g/mol. The van der Waals surface area contributed by atoms with E-state index >= 15 is 0 Å². The van der Waals surface area contributed by atoms with Crippen molar-refractivity contribution >= 4 is 34.9 Å². The minimum Gasteiger partial charge on any atom is -0.490 e. The van der Waals surface area contributed by atoms with Crippen LogP contribution in [0.25, 0.3) is 6.08 Å². The molecular formula is C23H23FN2O5S. The topological polar surface area (TPSA) is 84.9 Å². The van der Waals surface area contributed by atoms with Crippen molar-refractivity contribution in [1.82, 2.24) is 10.2 Å². The van der Waals surface area contributed by atoms with Gasteiger partial charge in [-0.3, -0.25) is 19.3 Å². The Bertz CT molecular complexity index is 1040. The summed E-state index contributed by atoms with van der Waals surface area (Å²) < 4.78 is 24.1. The SMILES string of the molecule is CCOc1ccc(C(=O)NCCN2C(=O)S/C(=C\c3ccc(F)cc3)C2=O)cc1OCC. The van der Waals surface area contributed by atoms with Crippen LogP contribution in [0.15, 0.2) is 47.4 Å². The number of ether oxygens (including phenoxy) is 2. The van der Waals surface area contributed by atoms with Crippen LogP contribution in [0.4, 0.5) is 9.18 Å². The number of imide groups is 1. The predicted octanol–water partition coefficient (Wildman–Crippen LogP) is 4.09. The Balaban J connectivity index is 1.59. The zero-order valence-electron chi connectivity index (χ0n) is 17.7. The van der Waals surface area contributed by atoms with Crippen LogP contribution in [0.1, 0.15) is 29.8 Å². The summed E-state index contributed by atoms with van der Waals surface area (Å²) in [6.45, 7) is 4.72. The maximum Gasteiger partial charge on any atom is 0.293 e. The van der Waals surface area contributed by atoms with Gasteiger partial charge in [-0.2, -0.15) is 0 Å². The summed E-state index contributed by atoms with van der Waals surface area (Å²) in [5.41, 5.74) is 0.994. The van der Waals surface area contributed by atoms with E-state index in [4.69, 9.17) is 9.47 Å². The molecule has 0 atom stereocenters. The molecule has 1 heterocycles. The number of benzene rings is 2. The monoisotopic (exact) mass is 458 g/mol. The van der Waals surface area contributed by atoms with Crippen LogP contribution in [0, 0.1) is 5.82 Å². The van der Waals surface area contributed by atoms with Gasteiger partial charge < -0.3 is 14.8 Å². The van der Waals surface area contributed by atoms with Crippen molar-refractivity contribution in [2.24, 2.45) is 0 Å². The van der Waals surface area contributed by atoms with E-state index < -0.39 is 11.1 Å². The number of hydrogen-bond donors (Lipinski definition) is 1. The van der Waals surface area contributed by atoms with Crippen LogP contribution in [-0.2, 0) is 4.79 Å². The Labute approximate surface area is 189 Å². The van der Waals surface area contributed by atoms with E-state index in [-0.39, 0.29) is 29.7 Å². The van der Waals surface area contributed by atoms with Gasteiger partial charge in [-0.1, -0.05) is 12.1 Å². The fourth-order valence-corrected chi connectivity index (χ4v) is 3.84. The average Bonchev–Trinajstić information content (AvgIpc) is 3.04. The third-order valence-electron chi connectivity index (χ3n) is 4.47. The van der Waals surface area contributed by atoms with Gasteiger partial charge in [0.15, 0.2) is 11.5 Å². The maximum absolute atomic E-state index is 13.0. The van der Waals surface area contributed by atoms with Crippen LogP contribution in [0.5, 0.6) is 11.5 Å². The smallest absolute Gasteiger partial charge is 0.293 e. The summed E-state index contributed by atoms with van der Waals surface area (Å²) >= 11 is 0.811. The number of nitrogens with zero attached hydrogens (tertiary/aromatic N) is 1. The number of carbonyl (C=O) groups excluding carboxylic acids is 3. The highest BCUT2D eigenvalue weighted by Gasteiger charge is 2.34. The second-order valence-electron chi connectivity index (χ2n) is 6.67. The number of amides is 3. The molecule has 3 amide bonds. The summed E-state index contributed by atoms with van der Waals surface area (Å²) in [4.78, 5) is 38.6. The molecule has 0 aliphatic carbocycles. The highest BCUT2D eigenvalue weighted by molar-refractivity contribution is 8.18. The zero-order valence-corrected chi connectivity index (χ0v) is 18.5. The Hall–Kier alpha value is -3.33. The molecule has 32 heavy (non-hydrogen) atoms. The number of halogens is 1. The van der Waals surface area contributed by atoms with Gasteiger partial charge in [0.1, 0.15) is 5.82 Å². The van der Waals surface area contributed by atoms with Crippen molar-refractivity contribution in [1.29, 1.82) is 0 Å². The van der Waals surface area contributed by atoms with E-state index in [1.165, 1.54) is 30.3 Å². The first-order valence-electron chi connectivity index (χ1n) is 10.1. The second-order valence-corrected chi connectivity index (χ2v) is 7.66. The molecule has 168 valence electrons. The molecule has 0 saturated carbocycles. The van der Waals surface area contributed by atoms with E-state index in [1.807, 2.05) is 13.8 Å². The second kappa shape index (κ2) is 10.8. The first-order chi connectivity index (χ1) is 15.4. The minimum absolute atomic E-state index is 0.0342. The number of rotatable bonds is 9. The van der Waals surface area contributed by atoms with Crippen molar-refractivity contribution in [3.63, 3.8) is 0 Å². The minimum atomic E-state index is -0.446. The lowest BCUT2D eigenvalue weighted by Gasteiger charge is -2.14. The van der Waals surface area contributed by atoms with Crippen molar-refractivity contribution in [2.75, 3.05) is 26.3 Å². The standard InChI is InChI=1S/C23H23FN2O5S/c1-3-30-18-10-7-16(14-19(18)31-4-2)21(27)25-11-12-26-22(28)20(32-23(26)29)13-15-5-8-17(24)9-6-15/h5-10,13-14H,3-4,11-12H2,1-2H3,(H,25,27)/b20-13-. The first kappa shape index (κ1) is 23.3. The van der Waals surface area contributed by atoms with E-state index in [9.17, 15) is 18.8 Å². The summed E-state index contributed by atoms with van der Waals surface area (Å²) in [6.07, 6.45) is 1.54. The first-order valence-corrected chi connectivity index (χ1v) is 10.9. The molecule has 1 aliphatic heterocycles. The summed E-state index contributed by atoms with van der Waals surface area (Å²) in [5.74, 6) is -0.163. The van der Waals surface area contributed by atoms with Gasteiger partial charge in [0.05, 0.1) is 18.1 Å². The largest absolute Gasteiger partial charge is 0.490 e. The highest BCUT2D eigenvalue weighted by atomic mass is 32.2. The van der Waals surface area contributed by atoms with Crippen LogP contribution in [0.2, 0.25) is 0 Å². The molecule has 0 unspecified atom stereocenters. The fraction of sp³-hybridized carbons (Fsp3) is 0.261. The fourth-order valence-electron chi connectivity index (χ4n) is 2.98. The molecule has 2 aromatic carbocycles. The molecule has 1 saturated heterocycles. The molecule has 2 aromatic rings. The number of carbonyl (C=O) groups is 3. The summed E-state index contributed by atoms with van der Waals surface area (Å²) in [5, 5.41) is 2.29. The third kappa shape index (κ3) is 5.67. The molecule has 0 spiro atoms. The Kier molecular flexibility index (Phi) is 7.88. The van der Waals surface area contributed by atoms with Gasteiger partial charge in [-0.05, 0) is 67.6 Å². The third-order valence-corrected chi connectivity index (χ3v) is 5.38. The van der Waals surface area contributed by atoms with Crippen LogP contribution < -0.4 is 14.8 Å². The van der Waals surface area contributed by atoms with Crippen LogP contribution >= 0.6 is 11.8 Å². The molecule has 9 heteroatoms. The molecule has 0 radical (unpaired) electrons. The zero-order chi connectivity index (χ0) is 23.1. The van der Waals surface area contributed by atoms with E-state index in [1.54, 1.807) is 18.2 Å². The molecule has 1 aliphatic rings. The quantitative estimate of drug-likeness (QED) is 0.570. The predicted molar refractivity (Wildman–Crippen MR) is 120 cm³/mol. The van der Waals surface area contributed by atoms with Crippen LogP contribution in [-0.4, -0.2) is 48.3 Å². The lowest BCUT2D eigenvalue weighted by atomic mass is 10.2. The summed E-state index contributed by atoms with van der Waals surface area (Å²) in [6, 6.07) is 10.5. The number of thioether (sulfide) groups is 1. The molecule has 7 nitrogen and oxygen atoms in total. The molecule has 0 aromatic heterocycles. The van der Waals surface area contributed by atoms with E-state index in [2.05, 4.69) is 5.32 Å². The normalized spacial score (nSPS) is 14.7. The van der Waals surface area contributed by atoms with Crippen molar-refractivity contribution < 1.29 is 28.2 Å². The van der Waals surface area contributed by atoms with E-state index in [0.717, 1.165) is 16.7 Å². The Morgan fingerprint density at radius 1 is 1.06 bits per heavy atom. The lowest BCUT2D eigenvalue weighted by Crippen LogP contribution is -2.37. The van der Waals surface area contributed by atoms with Gasteiger partial charge in [-0.25, -0.2) is 4.39 Å². The molecule has 1 N–H and O–H groups in total. The van der Waals surface area contributed by atoms with E-state index in [0.29, 0.717) is 35.8 Å². The van der Waals surface area contributed by atoms with Gasteiger partial charge in [0.25, 0.3) is 17.1 Å². The number of hydrogen-bond acceptors (Lipinski definition) is 6. The average molecular weight is 459 g/mol. The highest BCUT2D eigenvalue weighted by Crippen LogP contribution is 2.32. The van der Waals surface area contributed by atoms with Gasteiger partial charge in [-0.15, -0.1) is 0 Å². The van der Waals surface area contributed by atoms with Crippen LogP contribution in [0.3, 0.4) is 0 Å². The van der Waals surface area contributed by atoms with Crippen molar-refractivity contribution in [3.8, 4) is 11.5 Å². The van der Waals surface area contributed by atoms with Crippen molar-refractivity contribution in [3.05, 3.63) is 64.3 Å². The summed E-state index contributed by atoms with van der Waals surface area (Å²) in [7, 11) is 0. The molecule has 0 bridgehead atoms. The molecule has 3 rings (SSSR count). The lowest BCUT2D eigenvalue weighted by molar-refractivity contribution is -0.122. The molecule has 1 fully saturated rings. The van der Waals surface area contributed by atoms with Gasteiger partial charge in [0, 0.05) is 18.7 Å². The Morgan fingerprint density at radius 3 is 2.44 bits per heavy atom. The van der Waals surface area contributed by atoms with Gasteiger partial charge in [0.2, 0.25) is 0 Å². The number of nitrogens with one attached hydrogen (secondary N) is 1.